The molecule has 0 spiro atoms. The Morgan fingerprint density at radius 3 is 2.24 bits per heavy atom. The SMILES string of the molecule is COc1ccc(CO[C@H]2[C@H](O[Si](C)(C)C(C)(C)C)[C@@H](N3C(=O)c4ccccc4C3=O)[C@H](SCCC(=O)O)O[C@@H]2CN=[N+]=[N-])cc1. The van der Waals surface area contributed by atoms with E-state index in [-0.39, 0.29) is 41.5 Å². The molecular formula is C31H40N4O8SSi. The maximum atomic E-state index is 13.9. The fourth-order valence-electron chi connectivity index (χ4n) is 5.07. The number of carboxylic acid groups (broad SMARTS) is 1. The van der Waals surface area contributed by atoms with Crippen molar-refractivity contribution in [2.24, 2.45) is 5.11 Å². The normalized spacial score (nSPS) is 23.4. The van der Waals surface area contributed by atoms with Crippen LogP contribution in [0.15, 0.2) is 53.6 Å². The van der Waals surface area contributed by atoms with Gasteiger partial charge in [-0.3, -0.25) is 19.3 Å². The molecule has 14 heteroatoms. The fraction of sp³-hybridized carbons (Fsp3) is 0.516. The third-order valence-corrected chi connectivity index (χ3v) is 14.1. The average molecular weight is 657 g/mol. The summed E-state index contributed by atoms with van der Waals surface area (Å²) in [5.74, 6) is -1.13. The van der Waals surface area contributed by atoms with Crippen LogP contribution in [0, 0.1) is 0 Å². The molecule has 0 bridgehead atoms. The zero-order valence-corrected chi connectivity index (χ0v) is 28.2. The van der Waals surface area contributed by atoms with Gasteiger partial charge >= 0.3 is 5.97 Å². The lowest BCUT2D eigenvalue weighted by Gasteiger charge is -2.52. The first kappa shape index (κ1) is 34.5. The van der Waals surface area contributed by atoms with Gasteiger partial charge in [0.2, 0.25) is 0 Å². The number of hydrogen-bond acceptors (Lipinski definition) is 9. The number of nitrogens with zero attached hydrogens (tertiary/aromatic N) is 4. The summed E-state index contributed by atoms with van der Waals surface area (Å²) >= 11 is 1.18. The van der Waals surface area contributed by atoms with Crippen molar-refractivity contribution in [1.82, 2.24) is 4.90 Å². The number of amides is 2. The van der Waals surface area contributed by atoms with Gasteiger partial charge in [-0.15, -0.1) is 11.8 Å². The monoisotopic (exact) mass is 656 g/mol. The Hall–Kier alpha value is -3.39. The molecule has 0 saturated carbocycles. The van der Waals surface area contributed by atoms with E-state index in [1.54, 1.807) is 31.4 Å². The van der Waals surface area contributed by atoms with Crippen LogP contribution in [-0.4, -0.2) is 85.3 Å². The van der Waals surface area contributed by atoms with E-state index in [1.807, 2.05) is 24.3 Å². The predicted octanol–water partition coefficient (Wildman–Crippen LogP) is 5.88. The number of carbonyl (C=O) groups excluding carboxylic acids is 2. The number of azide groups is 1. The Kier molecular flexibility index (Phi) is 11.0. The van der Waals surface area contributed by atoms with Crippen LogP contribution in [0.4, 0.5) is 0 Å². The predicted molar refractivity (Wildman–Crippen MR) is 172 cm³/mol. The van der Waals surface area contributed by atoms with E-state index in [2.05, 4.69) is 43.9 Å². The first-order valence-corrected chi connectivity index (χ1v) is 18.6. The van der Waals surface area contributed by atoms with E-state index < -0.39 is 55.9 Å². The second kappa shape index (κ2) is 14.4. The maximum Gasteiger partial charge on any atom is 0.304 e. The molecule has 0 aliphatic carbocycles. The zero-order valence-electron chi connectivity index (χ0n) is 26.3. The number of carboxylic acids is 1. The van der Waals surface area contributed by atoms with Gasteiger partial charge in [0.05, 0.1) is 50.0 Å². The molecule has 2 amide bonds. The Morgan fingerprint density at radius 2 is 1.71 bits per heavy atom. The molecule has 2 aromatic rings. The molecule has 2 heterocycles. The molecule has 1 N–H and O–H groups in total. The summed E-state index contributed by atoms with van der Waals surface area (Å²) in [7, 11) is -1.04. The second-order valence-corrected chi connectivity index (χ2v) is 18.4. The van der Waals surface area contributed by atoms with Crippen molar-refractivity contribution >= 4 is 37.9 Å². The minimum Gasteiger partial charge on any atom is -0.497 e. The average Bonchev–Trinajstić information content (AvgIpc) is 3.24. The molecule has 1 fully saturated rings. The van der Waals surface area contributed by atoms with Crippen molar-refractivity contribution in [1.29, 1.82) is 0 Å². The van der Waals surface area contributed by atoms with E-state index in [0.717, 1.165) is 5.56 Å². The molecule has 242 valence electrons. The van der Waals surface area contributed by atoms with Crippen molar-refractivity contribution < 1.29 is 38.1 Å². The number of hydrogen-bond donors (Lipinski definition) is 1. The van der Waals surface area contributed by atoms with Gasteiger partial charge in [0.25, 0.3) is 11.8 Å². The van der Waals surface area contributed by atoms with E-state index in [4.69, 9.17) is 18.6 Å². The van der Waals surface area contributed by atoms with E-state index in [1.165, 1.54) is 16.7 Å². The smallest absolute Gasteiger partial charge is 0.304 e. The highest BCUT2D eigenvalue weighted by Crippen LogP contribution is 2.44. The number of benzene rings is 2. The molecule has 5 atom stereocenters. The van der Waals surface area contributed by atoms with Crippen LogP contribution in [0.5, 0.6) is 5.75 Å². The van der Waals surface area contributed by atoms with Crippen LogP contribution in [0.3, 0.4) is 0 Å². The Labute approximate surface area is 268 Å². The number of thioether (sulfide) groups is 1. The van der Waals surface area contributed by atoms with Crippen molar-refractivity contribution in [2.45, 2.75) is 81.7 Å². The molecular weight excluding hydrogens is 617 g/mol. The van der Waals surface area contributed by atoms with Gasteiger partial charge in [-0.2, -0.15) is 0 Å². The third-order valence-electron chi connectivity index (χ3n) is 8.50. The van der Waals surface area contributed by atoms with Crippen LogP contribution < -0.4 is 4.74 Å². The highest BCUT2D eigenvalue weighted by atomic mass is 32.2. The number of fused-ring (bicyclic) bond motifs is 1. The van der Waals surface area contributed by atoms with Gasteiger partial charge in [-0.1, -0.05) is 50.2 Å². The van der Waals surface area contributed by atoms with E-state index in [9.17, 15) is 25.0 Å². The molecule has 2 aliphatic heterocycles. The van der Waals surface area contributed by atoms with E-state index in [0.29, 0.717) is 5.75 Å². The van der Waals surface area contributed by atoms with Gasteiger partial charge in [-0.05, 0) is 53.5 Å². The first-order valence-electron chi connectivity index (χ1n) is 14.7. The topological polar surface area (TPSA) is 160 Å². The molecule has 45 heavy (non-hydrogen) atoms. The first-order chi connectivity index (χ1) is 21.3. The van der Waals surface area contributed by atoms with Crippen LogP contribution in [0.2, 0.25) is 18.1 Å². The number of carbonyl (C=O) groups is 3. The Bertz CT molecular complexity index is 1410. The largest absolute Gasteiger partial charge is 0.497 e. The Morgan fingerprint density at radius 1 is 1.09 bits per heavy atom. The number of aliphatic carboxylic acids is 1. The number of ether oxygens (including phenoxy) is 3. The highest BCUT2D eigenvalue weighted by molar-refractivity contribution is 7.99. The third kappa shape index (κ3) is 7.71. The zero-order chi connectivity index (χ0) is 32.9. The molecule has 2 aliphatic rings. The van der Waals surface area contributed by atoms with Gasteiger partial charge in [-0.25, -0.2) is 0 Å². The van der Waals surface area contributed by atoms with Crippen molar-refractivity contribution in [3.63, 3.8) is 0 Å². The summed E-state index contributed by atoms with van der Waals surface area (Å²) in [5, 5.41) is 12.9. The van der Waals surface area contributed by atoms with E-state index >= 15 is 0 Å². The minimum atomic E-state index is -2.62. The van der Waals surface area contributed by atoms with Crippen molar-refractivity contribution in [2.75, 3.05) is 19.4 Å². The Balaban J connectivity index is 1.82. The minimum absolute atomic E-state index is 0.105. The summed E-state index contributed by atoms with van der Waals surface area (Å²) in [6, 6.07) is 13.0. The molecule has 1 saturated heterocycles. The van der Waals surface area contributed by atoms with Gasteiger partial charge in [0.15, 0.2) is 8.32 Å². The lowest BCUT2D eigenvalue weighted by molar-refractivity contribution is -0.187. The highest BCUT2D eigenvalue weighted by Gasteiger charge is 2.56. The van der Waals surface area contributed by atoms with Crippen LogP contribution in [-0.2, 0) is 25.3 Å². The molecule has 0 radical (unpaired) electrons. The molecule has 0 unspecified atom stereocenters. The van der Waals surface area contributed by atoms with Crippen molar-refractivity contribution in [3.05, 3.63) is 75.7 Å². The molecule has 2 aromatic carbocycles. The van der Waals surface area contributed by atoms with Gasteiger partial charge in [0, 0.05) is 10.7 Å². The summed E-state index contributed by atoms with van der Waals surface area (Å²) in [5.41, 5.74) is 9.71. The van der Waals surface area contributed by atoms with Gasteiger partial charge < -0.3 is 23.7 Å². The number of imide groups is 1. The maximum absolute atomic E-state index is 13.9. The molecule has 0 aromatic heterocycles. The number of methoxy groups -OCH3 is 1. The summed E-state index contributed by atoms with van der Waals surface area (Å²) in [6.07, 6.45) is -2.73. The quantitative estimate of drug-likeness (QED) is 0.0913. The van der Waals surface area contributed by atoms with Crippen LogP contribution >= 0.6 is 11.8 Å². The van der Waals surface area contributed by atoms with Gasteiger partial charge in [0.1, 0.15) is 23.3 Å². The summed E-state index contributed by atoms with van der Waals surface area (Å²) < 4.78 is 25.4. The number of rotatable bonds is 13. The van der Waals surface area contributed by atoms with Crippen LogP contribution in [0.25, 0.3) is 10.4 Å². The molecule has 4 rings (SSSR count). The lowest BCUT2D eigenvalue weighted by atomic mass is 9.96. The summed E-state index contributed by atoms with van der Waals surface area (Å²) in [4.78, 5) is 43.4. The fourth-order valence-corrected chi connectivity index (χ4v) is 7.60. The summed E-state index contributed by atoms with van der Waals surface area (Å²) in [6.45, 7) is 10.4. The van der Waals surface area contributed by atoms with Crippen LogP contribution in [0.1, 0.15) is 53.5 Å². The lowest BCUT2D eigenvalue weighted by Crippen LogP contribution is -2.67. The standard InChI is InChI=1S/C31H40N4O8SSi/c1-31(2,3)45(5,6)43-27-25(35-28(38)21-9-7-8-10-22(21)29(35)39)30(44-16-15-24(36)37)42-23(17-33-34-32)26(27)41-18-19-11-13-20(40-4)14-12-19/h7-14,23,25-27,30H,15-18H2,1-6H3,(H,36,37)/t23-,25-,26-,27-,30+/m1/s1. The van der Waals surface area contributed by atoms with Crippen molar-refractivity contribution in [3.8, 4) is 5.75 Å². The molecule has 12 nitrogen and oxygen atoms in total. The second-order valence-electron chi connectivity index (χ2n) is 12.5.